The van der Waals surface area contributed by atoms with E-state index in [4.69, 9.17) is 0 Å². The number of H-pyrrole nitrogens is 1. The van der Waals surface area contributed by atoms with Gasteiger partial charge in [0.1, 0.15) is 6.33 Å². The van der Waals surface area contributed by atoms with Crippen LogP contribution in [0.25, 0.3) is 11.4 Å². The normalized spacial score (nSPS) is 10.3. The van der Waals surface area contributed by atoms with E-state index in [0.29, 0.717) is 0 Å². The van der Waals surface area contributed by atoms with Gasteiger partial charge in [-0.25, -0.2) is 4.98 Å². The van der Waals surface area contributed by atoms with Crippen LogP contribution in [-0.2, 0) is 7.05 Å². The molecule has 2 rings (SSSR count). The minimum Gasteiger partial charge on any atom is -0.275 e. The number of rotatable bonds is 1. The fourth-order valence-electron chi connectivity index (χ4n) is 0.888. The van der Waals surface area contributed by atoms with E-state index in [1.165, 1.54) is 6.33 Å². The summed E-state index contributed by atoms with van der Waals surface area (Å²) in [6, 6.07) is 0. The number of aromatic nitrogens is 5. The maximum atomic E-state index is 4.00. The average Bonchev–Trinajstić information content (AvgIpc) is 2.55. The average molecular weight is 149 g/mol. The van der Waals surface area contributed by atoms with Crippen LogP contribution in [0.5, 0.6) is 0 Å². The van der Waals surface area contributed by atoms with E-state index in [1.54, 1.807) is 10.9 Å². The monoisotopic (exact) mass is 149 g/mol. The van der Waals surface area contributed by atoms with Crippen LogP contribution in [0.4, 0.5) is 0 Å². The summed E-state index contributed by atoms with van der Waals surface area (Å²) in [7, 11) is 1.86. The summed E-state index contributed by atoms with van der Waals surface area (Å²) in [6.07, 6.45) is 5.09. The van der Waals surface area contributed by atoms with Crippen molar-refractivity contribution in [1.82, 2.24) is 25.0 Å². The second-order valence-electron chi connectivity index (χ2n) is 2.24. The van der Waals surface area contributed by atoms with E-state index in [1.807, 2.05) is 13.2 Å². The molecule has 56 valence electrons. The highest BCUT2D eigenvalue weighted by Gasteiger charge is 2.00. The molecule has 0 radical (unpaired) electrons. The SMILES string of the molecule is Cn1cc(-c2ncn[nH]2)cn1. The van der Waals surface area contributed by atoms with Gasteiger partial charge in [-0.15, -0.1) is 0 Å². The first-order valence-corrected chi connectivity index (χ1v) is 3.20. The van der Waals surface area contributed by atoms with Crippen LogP contribution in [0.3, 0.4) is 0 Å². The lowest BCUT2D eigenvalue weighted by Gasteiger charge is -1.84. The molecule has 0 aliphatic rings. The summed E-state index contributed by atoms with van der Waals surface area (Å²) in [4.78, 5) is 3.98. The van der Waals surface area contributed by atoms with Gasteiger partial charge in [-0.05, 0) is 0 Å². The summed E-state index contributed by atoms with van der Waals surface area (Å²) in [6.45, 7) is 0. The smallest absolute Gasteiger partial charge is 0.158 e. The summed E-state index contributed by atoms with van der Waals surface area (Å²) in [5.41, 5.74) is 0.949. The van der Waals surface area contributed by atoms with E-state index in [9.17, 15) is 0 Å². The molecule has 0 amide bonds. The minimum atomic E-state index is 0.748. The van der Waals surface area contributed by atoms with Gasteiger partial charge in [-0.3, -0.25) is 9.78 Å². The number of aryl methyl sites for hydroxylation is 1. The van der Waals surface area contributed by atoms with Crippen LogP contribution in [0.1, 0.15) is 0 Å². The Morgan fingerprint density at radius 2 is 2.45 bits per heavy atom. The van der Waals surface area contributed by atoms with Crippen LogP contribution >= 0.6 is 0 Å². The lowest BCUT2D eigenvalue weighted by Crippen LogP contribution is -1.84. The van der Waals surface area contributed by atoms with Crippen molar-refractivity contribution in [2.45, 2.75) is 0 Å². The highest BCUT2D eigenvalue weighted by molar-refractivity contribution is 5.50. The molecule has 0 spiro atoms. The Labute approximate surface area is 63.1 Å². The second kappa shape index (κ2) is 2.19. The first-order valence-electron chi connectivity index (χ1n) is 3.20. The molecule has 0 atom stereocenters. The topological polar surface area (TPSA) is 59.4 Å². The summed E-state index contributed by atoms with van der Waals surface area (Å²) < 4.78 is 1.72. The van der Waals surface area contributed by atoms with Gasteiger partial charge in [0.05, 0.1) is 11.8 Å². The molecule has 0 fully saturated rings. The van der Waals surface area contributed by atoms with Crippen molar-refractivity contribution < 1.29 is 0 Å². The molecule has 0 aliphatic heterocycles. The van der Waals surface area contributed by atoms with Gasteiger partial charge in [-0.2, -0.15) is 10.2 Å². The molecule has 2 aromatic rings. The molecular weight excluding hydrogens is 142 g/mol. The third kappa shape index (κ3) is 1.000. The van der Waals surface area contributed by atoms with Crippen LogP contribution in [0.15, 0.2) is 18.7 Å². The third-order valence-electron chi connectivity index (χ3n) is 1.39. The molecule has 0 unspecified atom stereocenters. The Balaban J connectivity index is 2.45. The fourth-order valence-corrected chi connectivity index (χ4v) is 0.888. The predicted octanol–water partition coefficient (Wildman–Crippen LogP) is 0.205. The Hall–Kier alpha value is -1.65. The molecule has 1 N–H and O–H groups in total. The molecule has 0 saturated carbocycles. The van der Waals surface area contributed by atoms with E-state index in [0.717, 1.165) is 11.4 Å². The second-order valence-corrected chi connectivity index (χ2v) is 2.24. The van der Waals surface area contributed by atoms with Gasteiger partial charge in [0.25, 0.3) is 0 Å². The van der Waals surface area contributed by atoms with Gasteiger partial charge in [0, 0.05) is 13.2 Å². The van der Waals surface area contributed by atoms with Crippen molar-refractivity contribution in [3.05, 3.63) is 18.7 Å². The zero-order valence-corrected chi connectivity index (χ0v) is 6.02. The van der Waals surface area contributed by atoms with Gasteiger partial charge in [0.15, 0.2) is 5.82 Å². The first-order chi connectivity index (χ1) is 5.36. The highest BCUT2D eigenvalue weighted by Crippen LogP contribution is 2.09. The number of nitrogens with zero attached hydrogens (tertiary/aromatic N) is 4. The van der Waals surface area contributed by atoms with E-state index >= 15 is 0 Å². The van der Waals surface area contributed by atoms with Crippen molar-refractivity contribution in [2.75, 3.05) is 0 Å². The summed E-state index contributed by atoms with van der Waals surface area (Å²) in [5, 5.41) is 10.5. The largest absolute Gasteiger partial charge is 0.275 e. The molecule has 5 heteroatoms. The maximum Gasteiger partial charge on any atom is 0.158 e. The highest BCUT2D eigenvalue weighted by atomic mass is 15.3. The Morgan fingerprint density at radius 1 is 1.55 bits per heavy atom. The zero-order valence-electron chi connectivity index (χ0n) is 6.02. The molecular formula is C6H7N5. The van der Waals surface area contributed by atoms with E-state index in [2.05, 4.69) is 20.3 Å². The summed E-state index contributed by atoms with van der Waals surface area (Å²) in [5.74, 6) is 0.748. The Bertz CT molecular complexity index is 333. The van der Waals surface area contributed by atoms with Gasteiger partial charge in [0.2, 0.25) is 0 Å². The molecule has 0 aromatic carbocycles. The van der Waals surface area contributed by atoms with Crippen LogP contribution < -0.4 is 0 Å². The third-order valence-corrected chi connectivity index (χ3v) is 1.39. The molecule has 2 aromatic heterocycles. The van der Waals surface area contributed by atoms with Crippen LogP contribution in [-0.4, -0.2) is 25.0 Å². The number of nitrogens with one attached hydrogen (secondary N) is 1. The lowest BCUT2D eigenvalue weighted by molar-refractivity contribution is 0.768. The van der Waals surface area contributed by atoms with Crippen molar-refractivity contribution in [3.63, 3.8) is 0 Å². The van der Waals surface area contributed by atoms with E-state index < -0.39 is 0 Å². The molecule has 2 heterocycles. The van der Waals surface area contributed by atoms with E-state index in [-0.39, 0.29) is 0 Å². The fraction of sp³-hybridized carbons (Fsp3) is 0.167. The Kier molecular flexibility index (Phi) is 1.21. The Morgan fingerprint density at radius 3 is 3.00 bits per heavy atom. The van der Waals surface area contributed by atoms with Crippen molar-refractivity contribution in [2.24, 2.45) is 7.05 Å². The van der Waals surface area contributed by atoms with Crippen molar-refractivity contribution in [1.29, 1.82) is 0 Å². The van der Waals surface area contributed by atoms with Gasteiger partial charge in [-0.1, -0.05) is 0 Å². The molecule has 5 nitrogen and oxygen atoms in total. The van der Waals surface area contributed by atoms with Crippen molar-refractivity contribution >= 4 is 0 Å². The van der Waals surface area contributed by atoms with Crippen LogP contribution in [0.2, 0.25) is 0 Å². The predicted molar refractivity (Wildman–Crippen MR) is 38.6 cm³/mol. The quantitative estimate of drug-likeness (QED) is 0.630. The molecule has 11 heavy (non-hydrogen) atoms. The number of hydrogen-bond acceptors (Lipinski definition) is 3. The number of hydrogen-bond donors (Lipinski definition) is 1. The first kappa shape index (κ1) is 6.09. The zero-order chi connectivity index (χ0) is 7.68. The molecule has 0 aliphatic carbocycles. The standard InChI is InChI=1S/C6H7N5/c1-11-3-5(2-9-11)6-7-4-8-10-6/h2-4H,1H3,(H,7,8,10). The molecule has 0 bridgehead atoms. The molecule has 0 saturated heterocycles. The maximum absolute atomic E-state index is 4.00. The summed E-state index contributed by atoms with van der Waals surface area (Å²) >= 11 is 0. The van der Waals surface area contributed by atoms with Gasteiger partial charge < -0.3 is 0 Å². The number of aromatic amines is 1. The lowest BCUT2D eigenvalue weighted by atomic mass is 10.3. The van der Waals surface area contributed by atoms with Crippen molar-refractivity contribution in [3.8, 4) is 11.4 Å². The minimum absolute atomic E-state index is 0.748. The van der Waals surface area contributed by atoms with Gasteiger partial charge >= 0.3 is 0 Å². The van der Waals surface area contributed by atoms with Crippen LogP contribution in [0, 0.1) is 0 Å².